The van der Waals surface area contributed by atoms with E-state index in [9.17, 15) is 13.5 Å². The van der Waals surface area contributed by atoms with Gasteiger partial charge in [-0.2, -0.15) is 0 Å². The molecule has 0 bridgehead atoms. The third-order valence-electron chi connectivity index (χ3n) is 3.61. The Labute approximate surface area is 151 Å². The number of aromatic hydroxyl groups is 1. The van der Waals surface area contributed by atoms with Crippen LogP contribution in [-0.2, 0) is 10.0 Å². The van der Waals surface area contributed by atoms with Gasteiger partial charge < -0.3 is 10.4 Å². The molecule has 7 nitrogen and oxygen atoms in total. The van der Waals surface area contributed by atoms with Gasteiger partial charge in [-0.25, -0.2) is 18.4 Å². The van der Waals surface area contributed by atoms with Crippen molar-refractivity contribution in [2.75, 3.05) is 16.3 Å². The fraction of sp³-hybridized carbons (Fsp3) is 0.111. The summed E-state index contributed by atoms with van der Waals surface area (Å²) >= 11 is 0. The number of nitrogens with one attached hydrogen (secondary N) is 2. The van der Waals surface area contributed by atoms with Crippen LogP contribution in [0.4, 0.5) is 17.2 Å². The molecule has 2 aromatic carbocycles. The second-order valence-corrected chi connectivity index (χ2v) is 7.62. The van der Waals surface area contributed by atoms with Gasteiger partial charge in [0.25, 0.3) is 0 Å². The predicted octanol–water partition coefficient (Wildman–Crippen LogP) is 3.27. The largest absolute Gasteiger partial charge is 0.508 e. The number of aromatic nitrogens is 2. The molecule has 0 unspecified atom stereocenters. The maximum Gasteiger partial charge on any atom is 0.229 e. The molecular formula is C18H18N4O3S. The number of hydrogen-bond acceptors (Lipinski definition) is 6. The smallest absolute Gasteiger partial charge is 0.229 e. The van der Waals surface area contributed by atoms with Crippen LogP contribution in [0.2, 0.25) is 0 Å². The van der Waals surface area contributed by atoms with Crippen LogP contribution < -0.4 is 10.0 Å². The zero-order chi connectivity index (χ0) is 18.7. The second-order valence-electron chi connectivity index (χ2n) is 5.87. The molecule has 8 heteroatoms. The first kappa shape index (κ1) is 17.7. The summed E-state index contributed by atoms with van der Waals surface area (Å²) in [6.45, 7) is 1.82. The summed E-state index contributed by atoms with van der Waals surface area (Å²) in [5, 5.41) is 12.7. The van der Waals surface area contributed by atoms with Crippen molar-refractivity contribution in [3.63, 3.8) is 0 Å². The number of nitrogens with zero attached hydrogens (tertiary/aromatic N) is 2. The number of hydrogen-bond donors (Lipinski definition) is 3. The number of benzene rings is 2. The molecule has 0 atom stereocenters. The van der Waals surface area contributed by atoms with Crippen molar-refractivity contribution in [3.8, 4) is 17.0 Å². The zero-order valence-electron chi connectivity index (χ0n) is 14.3. The lowest BCUT2D eigenvalue weighted by Crippen LogP contribution is -2.10. The van der Waals surface area contributed by atoms with E-state index in [0.717, 1.165) is 17.4 Å². The molecule has 1 aromatic heterocycles. The summed E-state index contributed by atoms with van der Waals surface area (Å²) in [6.07, 6.45) is 2.53. The van der Waals surface area contributed by atoms with Crippen molar-refractivity contribution < 1.29 is 13.5 Å². The molecule has 3 N–H and O–H groups in total. The van der Waals surface area contributed by atoms with Crippen LogP contribution in [0, 0.1) is 6.92 Å². The van der Waals surface area contributed by atoms with Gasteiger partial charge in [-0.05, 0) is 36.8 Å². The standard InChI is InChI=1S/C18H18N4O3S/c1-12-6-7-14(9-16(12)22-26(2,24)25)21-18-10-17(19-11-20-18)13-4-3-5-15(23)8-13/h3-11,22-23H,1-2H3,(H,19,20,21). The molecule has 0 fully saturated rings. The molecule has 0 aliphatic rings. The second kappa shape index (κ2) is 7.01. The van der Waals surface area contributed by atoms with Crippen molar-refractivity contribution in [1.82, 2.24) is 9.97 Å². The van der Waals surface area contributed by atoms with Crippen LogP contribution in [0.1, 0.15) is 5.56 Å². The van der Waals surface area contributed by atoms with Gasteiger partial charge in [0.05, 0.1) is 17.6 Å². The molecular weight excluding hydrogens is 352 g/mol. The third kappa shape index (κ3) is 4.48. The monoisotopic (exact) mass is 370 g/mol. The number of phenolic OH excluding ortho intramolecular Hbond substituents is 1. The molecule has 0 radical (unpaired) electrons. The van der Waals surface area contributed by atoms with Crippen LogP contribution in [0.3, 0.4) is 0 Å². The first-order valence-corrected chi connectivity index (χ1v) is 9.66. The van der Waals surface area contributed by atoms with E-state index < -0.39 is 10.0 Å². The fourth-order valence-corrected chi connectivity index (χ4v) is 3.03. The van der Waals surface area contributed by atoms with Crippen LogP contribution >= 0.6 is 0 Å². The molecule has 3 rings (SSSR count). The Hall–Kier alpha value is -3.13. The van der Waals surface area contributed by atoms with Crippen LogP contribution in [0.5, 0.6) is 5.75 Å². The minimum atomic E-state index is -3.36. The van der Waals surface area contributed by atoms with Gasteiger partial charge >= 0.3 is 0 Å². The van der Waals surface area contributed by atoms with E-state index >= 15 is 0 Å². The molecule has 0 aliphatic heterocycles. The summed E-state index contributed by atoms with van der Waals surface area (Å²) in [5.74, 6) is 0.707. The first-order valence-electron chi connectivity index (χ1n) is 7.77. The average Bonchev–Trinajstić information content (AvgIpc) is 2.57. The highest BCUT2D eigenvalue weighted by Crippen LogP contribution is 2.26. The Morgan fingerprint density at radius 3 is 2.58 bits per heavy atom. The van der Waals surface area contributed by atoms with Crippen LogP contribution in [0.15, 0.2) is 54.9 Å². The lowest BCUT2D eigenvalue weighted by atomic mass is 10.1. The van der Waals surface area contributed by atoms with Gasteiger partial charge in [0.1, 0.15) is 17.9 Å². The minimum absolute atomic E-state index is 0.158. The van der Waals surface area contributed by atoms with Crippen molar-refractivity contribution in [2.45, 2.75) is 6.92 Å². The van der Waals surface area contributed by atoms with E-state index in [-0.39, 0.29) is 5.75 Å². The SMILES string of the molecule is Cc1ccc(Nc2cc(-c3cccc(O)c3)ncn2)cc1NS(C)(=O)=O. The summed E-state index contributed by atoms with van der Waals surface area (Å²) in [5.41, 5.74) is 3.41. The van der Waals surface area contributed by atoms with Crippen LogP contribution in [-0.4, -0.2) is 29.7 Å². The van der Waals surface area contributed by atoms with E-state index in [2.05, 4.69) is 20.0 Å². The van der Waals surface area contributed by atoms with E-state index in [1.54, 1.807) is 30.3 Å². The lowest BCUT2D eigenvalue weighted by Gasteiger charge is -2.12. The number of sulfonamides is 1. The van der Waals surface area contributed by atoms with Gasteiger partial charge in [0.2, 0.25) is 10.0 Å². The van der Waals surface area contributed by atoms with Gasteiger partial charge in [-0.1, -0.05) is 18.2 Å². The van der Waals surface area contributed by atoms with E-state index in [1.807, 2.05) is 25.1 Å². The van der Waals surface area contributed by atoms with Gasteiger partial charge in [0, 0.05) is 17.3 Å². The molecule has 0 aliphatic carbocycles. The van der Waals surface area contributed by atoms with Gasteiger partial charge in [0.15, 0.2) is 0 Å². The Balaban J connectivity index is 1.88. The number of rotatable bonds is 5. The topological polar surface area (TPSA) is 104 Å². The lowest BCUT2D eigenvalue weighted by molar-refractivity contribution is 0.475. The normalized spacial score (nSPS) is 11.2. The number of aryl methyl sites for hydroxylation is 1. The Bertz CT molecular complexity index is 1050. The molecule has 0 saturated carbocycles. The summed E-state index contributed by atoms with van der Waals surface area (Å²) in [6, 6.07) is 13.9. The first-order chi connectivity index (χ1) is 12.3. The highest BCUT2D eigenvalue weighted by Gasteiger charge is 2.08. The maximum atomic E-state index is 11.5. The molecule has 134 valence electrons. The highest BCUT2D eigenvalue weighted by molar-refractivity contribution is 7.92. The molecule has 3 aromatic rings. The van der Waals surface area contributed by atoms with Gasteiger partial charge in [-0.15, -0.1) is 0 Å². The highest BCUT2D eigenvalue weighted by atomic mass is 32.2. The van der Waals surface area contributed by atoms with Crippen molar-refractivity contribution in [1.29, 1.82) is 0 Å². The zero-order valence-corrected chi connectivity index (χ0v) is 15.1. The predicted molar refractivity (Wildman–Crippen MR) is 102 cm³/mol. The molecule has 0 saturated heterocycles. The third-order valence-corrected chi connectivity index (χ3v) is 4.21. The van der Waals surface area contributed by atoms with E-state index in [0.29, 0.717) is 22.9 Å². The van der Waals surface area contributed by atoms with Crippen molar-refractivity contribution in [2.24, 2.45) is 0 Å². The van der Waals surface area contributed by atoms with Crippen molar-refractivity contribution in [3.05, 3.63) is 60.4 Å². The van der Waals surface area contributed by atoms with Gasteiger partial charge in [-0.3, -0.25) is 4.72 Å². The van der Waals surface area contributed by atoms with E-state index in [1.165, 1.54) is 6.33 Å². The Morgan fingerprint density at radius 2 is 1.85 bits per heavy atom. The fourth-order valence-electron chi connectivity index (χ4n) is 2.41. The Morgan fingerprint density at radius 1 is 1.04 bits per heavy atom. The van der Waals surface area contributed by atoms with Crippen molar-refractivity contribution >= 4 is 27.2 Å². The summed E-state index contributed by atoms with van der Waals surface area (Å²) < 4.78 is 25.4. The summed E-state index contributed by atoms with van der Waals surface area (Å²) in [7, 11) is -3.36. The average molecular weight is 370 g/mol. The molecule has 1 heterocycles. The number of anilines is 3. The minimum Gasteiger partial charge on any atom is -0.508 e. The molecule has 0 amide bonds. The Kier molecular flexibility index (Phi) is 4.77. The number of phenols is 1. The molecule has 26 heavy (non-hydrogen) atoms. The summed E-state index contributed by atoms with van der Waals surface area (Å²) in [4.78, 5) is 8.40. The maximum absolute atomic E-state index is 11.5. The molecule has 0 spiro atoms. The van der Waals surface area contributed by atoms with Crippen LogP contribution in [0.25, 0.3) is 11.3 Å². The quantitative estimate of drug-likeness (QED) is 0.637. The van der Waals surface area contributed by atoms with E-state index in [4.69, 9.17) is 0 Å².